The highest BCUT2D eigenvalue weighted by atomic mass is 16.3. The number of nitrogens with one attached hydrogen (secondary N) is 1. The number of carbonyl (C=O) groups is 1. The molecule has 0 radical (unpaired) electrons. The van der Waals surface area contributed by atoms with Gasteiger partial charge in [0.2, 0.25) is 5.91 Å². The number of aryl methyl sites for hydroxylation is 2. The zero-order valence-electron chi connectivity index (χ0n) is 11.4. The van der Waals surface area contributed by atoms with Crippen LogP contribution in [0.1, 0.15) is 31.4 Å². The van der Waals surface area contributed by atoms with E-state index in [1.807, 2.05) is 13.8 Å². The molecule has 3 nitrogen and oxygen atoms in total. The predicted molar refractivity (Wildman–Crippen MR) is 73.4 cm³/mol. The molecule has 1 amide bonds. The lowest BCUT2D eigenvalue weighted by Gasteiger charge is -2.19. The van der Waals surface area contributed by atoms with Gasteiger partial charge < -0.3 is 10.4 Å². The van der Waals surface area contributed by atoms with Crippen LogP contribution in [0.5, 0.6) is 0 Å². The first-order chi connectivity index (χ1) is 8.52. The van der Waals surface area contributed by atoms with Crippen LogP contribution >= 0.6 is 0 Å². The number of rotatable bonds is 6. The zero-order valence-corrected chi connectivity index (χ0v) is 11.4. The van der Waals surface area contributed by atoms with E-state index in [9.17, 15) is 4.79 Å². The maximum absolute atomic E-state index is 11.7. The van der Waals surface area contributed by atoms with E-state index < -0.39 is 0 Å². The van der Waals surface area contributed by atoms with Crippen molar-refractivity contribution in [1.29, 1.82) is 0 Å². The van der Waals surface area contributed by atoms with Gasteiger partial charge in [-0.05, 0) is 31.7 Å². The predicted octanol–water partition coefficient (Wildman–Crippen LogP) is 2.06. The van der Waals surface area contributed by atoms with Gasteiger partial charge in [-0.25, -0.2) is 0 Å². The lowest BCUT2D eigenvalue weighted by Crippen LogP contribution is -2.38. The Labute approximate surface area is 109 Å². The van der Waals surface area contributed by atoms with Crippen LogP contribution in [0.25, 0.3) is 0 Å². The minimum atomic E-state index is 0.0144. The molecule has 0 aliphatic carbocycles. The van der Waals surface area contributed by atoms with Gasteiger partial charge in [0, 0.05) is 19.1 Å². The Morgan fingerprint density at radius 3 is 2.44 bits per heavy atom. The maximum atomic E-state index is 11.7. The normalized spacial score (nSPS) is 14.0. The Kier molecular flexibility index (Phi) is 5.86. The van der Waals surface area contributed by atoms with Crippen LogP contribution in [0.3, 0.4) is 0 Å². The van der Waals surface area contributed by atoms with Crippen molar-refractivity contribution in [2.45, 2.75) is 39.7 Å². The van der Waals surface area contributed by atoms with Crippen LogP contribution in [0.2, 0.25) is 0 Å². The number of hydrogen-bond donors (Lipinski definition) is 2. The highest BCUT2D eigenvalue weighted by Crippen LogP contribution is 2.06. The van der Waals surface area contributed by atoms with Gasteiger partial charge in [0.15, 0.2) is 0 Å². The average Bonchev–Trinajstić information content (AvgIpc) is 2.37. The van der Waals surface area contributed by atoms with E-state index in [0.29, 0.717) is 6.42 Å². The molecule has 2 atom stereocenters. The molecule has 0 fully saturated rings. The molecule has 1 aromatic rings. The van der Waals surface area contributed by atoms with Gasteiger partial charge in [-0.15, -0.1) is 0 Å². The summed E-state index contributed by atoms with van der Waals surface area (Å²) >= 11 is 0. The lowest BCUT2D eigenvalue weighted by atomic mass is 10.0. The van der Waals surface area contributed by atoms with Gasteiger partial charge in [0.05, 0.1) is 0 Å². The fraction of sp³-hybridized carbons (Fsp3) is 0.533. The van der Waals surface area contributed by atoms with Gasteiger partial charge in [0.1, 0.15) is 0 Å². The first-order valence-corrected chi connectivity index (χ1v) is 6.48. The first kappa shape index (κ1) is 14.7. The molecule has 0 saturated carbocycles. The molecule has 0 aliphatic heterocycles. The molecule has 1 aromatic carbocycles. The number of aliphatic hydroxyl groups is 1. The Balaban J connectivity index is 2.35. The van der Waals surface area contributed by atoms with E-state index in [2.05, 4.69) is 36.5 Å². The number of hydrogen-bond acceptors (Lipinski definition) is 2. The van der Waals surface area contributed by atoms with Crippen molar-refractivity contribution in [2.24, 2.45) is 5.92 Å². The Morgan fingerprint density at radius 2 is 1.89 bits per heavy atom. The Bertz CT molecular complexity index is 373. The molecule has 0 aromatic heterocycles. The third-order valence-corrected chi connectivity index (χ3v) is 3.29. The quantitative estimate of drug-likeness (QED) is 0.810. The molecule has 0 heterocycles. The summed E-state index contributed by atoms with van der Waals surface area (Å²) in [5.74, 6) is 0.136. The number of amides is 1. The Morgan fingerprint density at radius 1 is 1.28 bits per heavy atom. The number of aliphatic hydroxyl groups excluding tert-OH is 1. The molecule has 1 rings (SSSR count). The average molecular weight is 249 g/mol. The molecule has 3 heteroatoms. The fourth-order valence-corrected chi connectivity index (χ4v) is 1.64. The van der Waals surface area contributed by atoms with Gasteiger partial charge in [-0.2, -0.15) is 0 Å². The molecular formula is C15H23NO2. The van der Waals surface area contributed by atoms with Crippen LogP contribution in [0, 0.1) is 12.8 Å². The van der Waals surface area contributed by atoms with Gasteiger partial charge in [-0.1, -0.05) is 36.8 Å². The molecule has 100 valence electrons. The summed E-state index contributed by atoms with van der Waals surface area (Å²) in [7, 11) is 0. The van der Waals surface area contributed by atoms with Gasteiger partial charge in [0.25, 0.3) is 0 Å². The second kappa shape index (κ2) is 7.17. The minimum absolute atomic E-state index is 0.0144. The summed E-state index contributed by atoms with van der Waals surface area (Å²) in [4.78, 5) is 11.7. The third kappa shape index (κ3) is 4.88. The van der Waals surface area contributed by atoms with Crippen molar-refractivity contribution in [1.82, 2.24) is 5.32 Å². The van der Waals surface area contributed by atoms with Crippen LogP contribution in [-0.2, 0) is 11.2 Å². The SMILES string of the molecule is Cc1ccc(CCC(=O)NC(C)C(C)CO)cc1. The summed E-state index contributed by atoms with van der Waals surface area (Å²) in [6.07, 6.45) is 1.25. The molecule has 2 N–H and O–H groups in total. The molecule has 0 spiro atoms. The van der Waals surface area contributed by atoms with Crippen molar-refractivity contribution >= 4 is 5.91 Å². The molecule has 0 aliphatic rings. The smallest absolute Gasteiger partial charge is 0.220 e. The molecule has 0 bridgehead atoms. The van der Waals surface area contributed by atoms with E-state index in [-0.39, 0.29) is 24.5 Å². The highest BCUT2D eigenvalue weighted by Gasteiger charge is 2.13. The van der Waals surface area contributed by atoms with Crippen molar-refractivity contribution < 1.29 is 9.90 Å². The summed E-state index contributed by atoms with van der Waals surface area (Å²) in [6.45, 7) is 5.99. The van der Waals surface area contributed by atoms with Crippen molar-refractivity contribution in [3.05, 3.63) is 35.4 Å². The summed E-state index contributed by atoms with van der Waals surface area (Å²) in [6, 6.07) is 8.25. The first-order valence-electron chi connectivity index (χ1n) is 6.48. The number of benzene rings is 1. The second-order valence-electron chi connectivity index (χ2n) is 5.00. The van der Waals surface area contributed by atoms with Crippen LogP contribution in [0.4, 0.5) is 0 Å². The van der Waals surface area contributed by atoms with Crippen molar-refractivity contribution in [2.75, 3.05) is 6.61 Å². The number of carbonyl (C=O) groups excluding carboxylic acids is 1. The molecule has 2 unspecified atom stereocenters. The minimum Gasteiger partial charge on any atom is -0.396 e. The van der Waals surface area contributed by atoms with Crippen LogP contribution in [-0.4, -0.2) is 23.7 Å². The van der Waals surface area contributed by atoms with Crippen molar-refractivity contribution in [3.8, 4) is 0 Å². The third-order valence-electron chi connectivity index (χ3n) is 3.29. The van der Waals surface area contributed by atoms with Crippen LogP contribution in [0.15, 0.2) is 24.3 Å². The topological polar surface area (TPSA) is 49.3 Å². The molecule has 0 saturated heterocycles. The molecule has 18 heavy (non-hydrogen) atoms. The Hall–Kier alpha value is -1.35. The molecular weight excluding hydrogens is 226 g/mol. The summed E-state index contributed by atoms with van der Waals surface area (Å²) in [5.41, 5.74) is 2.41. The van der Waals surface area contributed by atoms with E-state index in [4.69, 9.17) is 5.11 Å². The van der Waals surface area contributed by atoms with Gasteiger partial charge >= 0.3 is 0 Å². The monoisotopic (exact) mass is 249 g/mol. The second-order valence-corrected chi connectivity index (χ2v) is 5.00. The maximum Gasteiger partial charge on any atom is 0.220 e. The van der Waals surface area contributed by atoms with Crippen LogP contribution < -0.4 is 5.32 Å². The van der Waals surface area contributed by atoms with E-state index >= 15 is 0 Å². The van der Waals surface area contributed by atoms with E-state index in [0.717, 1.165) is 6.42 Å². The van der Waals surface area contributed by atoms with E-state index in [1.165, 1.54) is 11.1 Å². The highest BCUT2D eigenvalue weighted by molar-refractivity contribution is 5.76. The summed E-state index contributed by atoms with van der Waals surface area (Å²) < 4.78 is 0. The lowest BCUT2D eigenvalue weighted by molar-refractivity contribution is -0.122. The largest absolute Gasteiger partial charge is 0.396 e. The van der Waals surface area contributed by atoms with E-state index in [1.54, 1.807) is 0 Å². The fourth-order valence-electron chi connectivity index (χ4n) is 1.64. The summed E-state index contributed by atoms with van der Waals surface area (Å²) in [5, 5.41) is 11.9. The standard InChI is InChI=1S/C15H23NO2/c1-11-4-6-14(7-5-11)8-9-15(18)16-13(3)12(2)10-17/h4-7,12-13,17H,8-10H2,1-3H3,(H,16,18). The van der Waals surface area contributed by atoms with Gasteiger partial charge in [-0.3, -0.25) is 4.79 Å². The zero-order chi connectivity index (χ0) is 13.5. The van der Waals surface area contributed by atoms with Crippen molar-refractivity contribution in [3.63, 3.8) is 0 Å².